The molecule has 2 aliphatic rings. The van der Waals surface area contributed by atoms with E-state index in [9.17, 15) is 28.6 Å². The van der Waals surface area contributed by atoms with Crippen LogP contribution in [0.5, 0.6) is 0 Å². The summed E-state index contributed by atoms with van der Waals surface area (Å²) in [5.74, 6) is 0.0979. The van der Waals surface area contributed by atoms with Gasteiger partial charge in [-0.1, -0.05) is 0 Å². The predicted molar refractivity (Wildman–Crippen MR) is 98.2 cm³/mol. The minimum atomic E-state index is -5.69. The van der Waals surface area contributed by atoms with E-state index in [1.807, 2.05) is 0 Å². The normalized spacial score (nSPS) is 31.6. The second kappa shape index (κ2) is 7.85. The van der Waals surface area contributed by atoms with Crippen LogP contribution in [-0.4, -0.2) is 75.2 Å². The molecule has 2 bridgehead atoms. The Morgan fingerprint density at radius 2 is 1.88 bits per heavy atom. The van der Waals surface area contributed by atoms with Crippen molar-refractivity contribution < 1.29 is 61.0 Å². The zero-order valence-electron chi connectivity index (χ0n) is 15.5. The van der Waals surface area contributed by atoms with E-state index in [0.717, 1.165) is 0 Å². The monoisotopic (exact) mass is 519 g/mol. The molecule has 3 unspecified atom stereocenters. The van der Waals surface area contributed by atoms with Crippen LogP contribution in [-0.2, 0) is 36.3 Å². The smallest absolute Gasteiger partial charge is 0.387 e. The van der Waals surface area contributed by atoms with Crippen LogP contribution in [0.25, 0.3) is 11.2 Å². The fraction of sp³-hybridized carbons (Fsp3) is 0.545. The Labute approximate surface area is 177 Å². The Bertz CT molecular complexity index is 1190. The van der Waals surface area contributed by atoms with Gasteiger partial charge in [0.05, 0.1) is 19.5 Å². The maximum atomic E-state index is 12.0. The van der Waals surface area contributed by atoms with E-state index in [1.54, 1.807) is 0 Å². The number of nitrogen functional groups attached to an aromatic ring is 1. The third kappa shape index (κ3) is 4.51. The van der Waals surface area contributed by atoms with Crippen molar-refractivity contribution in [2.45, 2.75) is 24.0 Å². The first-order chi connectivity index (χ1) is 14.7. The summed E-state index contributed by atoms with van der Waals surface area (Å²) < 4.78 is 58.7. The van der Waals surface area contributed by atoms with Crippen LogP contribution in [0, 0.1) is 0 Å². The Morgan fingerprint density at radius 3 is 2.56 bits per heavy atom. The number of imidazole rings is 1. The number of fused-ring (bicyclic) bond motifs is 3. The summed E-state index contributed by atoms with van der Waals surface area (Å²) in [5.41, 5.74) is 4.54. The molecule has 7 N–H and O–H groups in total. The third-order valence-electron chi connectivity index (χ3n) is 4.56. The van der Waals surface area contributed by atoms with Crippen LogP contribution in [0.15, 0.2) is 12.7 Å². The molecule has 18 nitrogen and oxygen atoms in total. The van der Waals surface area contributed by atoms with Gasteiger partial charge in [0, 0.05) is 0 Å². The number of phosphoric ester groups is 1. The largest absolute Gasteiger partial charge is 0.490 e. The van der Waals surface area contributed by atoms with E-state index >= 15 is 0 Å². The zero-order chi connectivity index (χ0) is 23.5. The fourth-order valence-corrected chi connectivity index (χ4v) is 6.37. The highest BCUT2D eigenvalue weighted by Gasteiger charge is 2.63. The quantitative estimate of drug-likeness (QED) is 0.223. The summed E-state index contributed by atoms with van der Waals surface area (Å²) in [6.07, 6.45) is -0.884. The van der Waals surface area contributed by atoms with E-state index in [1.165, 1.54) is 17.2 Å². The third-order valence-corrected chi connectivity index (χ3v) is 8.34. The molecule has 0 saturated carbocycles. The number of hydrogen-bond donors (Lipinski definition) is 6. The van der Waals surface area contributed by atoms with Crippen LogP contribution in [0.3, 0.4) is 0 Å². The first-order valence-corrected chi connectivity index (χ1v) is 12.9. The first kappa shape index (κ1) is 23.8. The molecule has 0 amide bonds. The second-order valence-corrected chi connectivity index (χ2v) is 11.2. The first-order valence-electron chi connectivity index (χ1n) is 8.41. The van der Waals surface area contributed by atoms with Crippen LogP contribution >= 0.6 is 23.5 Å². The lowest BCUT2D eigenvalue weighted by atomic mass is 10.0. The predicted octanol–water partition coefficient (Wildman–Crippen LogP) is -1.22. The summed E-state index contributed by atoms with van der Waals surface area (Å²) in [6, 6.07) is 0. The Balaban J connectivity index is 1.50. The lowest BCUT2D eigenvalue weighted by Crippen LogP contribution is -2.44. The number of aliphatic hydroxyl groups is 1. The standard InChI is InChI=1S/C11H16N5O13P3/c12-8-5-9(14-3-13-8)16(4-15-5)10-6-7(17)11(27-10,1-25-6)2-26-31(21,22)29-32(23,24)28-30(18,19)20/h3-4,6-7,10,17H,1-2H2,(H,21,22)(H,23,24)(H2,12,13,14)(H2,18,19,20)/t6?,7-,10-,11-/m1/s1. The van der Waals surface area contributed by atoms with E-state index in [-0.39, 0.29) is 23.6 Å². The molecule has 178 valence electrons. The number of anilines is 1. The maximum Gasteiger partial charge on any atom is 0.490 e. The highest BCUT2D eigenvalue weighted by molar-refractivity contribution is 7.66. The van der Waals surface area contributed by atoms with E-state index < -0.39 is 54.1 Å². The molecule has 2 aromatic rings. The molecule has 2 aliphatic heterocycles. The van der Waals surface area contributed by atoms with Gasteiger partial charge < -0.3 is 39.9 Å². The number of nitrogens with two attached hydrogens (primary N) is 1. The molecule has 2 aromatic heterocycles. The van der Waals surface area contributed by atoms with Gasteiger partial charge in [-0.2, -0.15) is 8.62 Å². The molecule has 21 heteroatoms. The minimum absolute atomic E-state index is 0.0979. The average Bonchev–Trinajstić information content (AvgIpc) is 3.28. The topological polar surface area (TPSA) is 268 Å². The van der Waals surface area contributed by atoms with E-state index in [2.05, 4.69) is 28.1 Å². The van der Waals surface area contributed by atoms with Crippen LogP contribution < -0.4 is 5.73 Å². The van der Waals surface area contributed by atoms with Gasteiger partial charge in [0.2, 0.25) is 0 Å². The summed E-state index contributed by atoms with van der Waals surface area (Å²) in [5, 5.41) is 10.6. The number of hydrogen-bond acceptors (Lipinski definition) is 13. The van der Waals surface area contributed by atoms with Crippen LogP contribution in [0.4, 0.5) is 5.82 Å². The van der Waals surface area contributed by atoms with E-state index in [0.29, 0.717) is 0 Å². The molecular formula is C11H16N5O13P3. The van der Waals surface area contributed by atoms with Gasteiger partial charge in [-0.15, -0.1) is 0 Å². The van der Waals surface area contributed by atoms with Gasteiger partial charge in [-0.05, 0) is 0 Å². The summed E-state index contributed by atoms with van der Waals surface area (Å²) in [4.78, 5) is 47.9. The van der Waals surface area contributed by atoms with Gasteiger partial charge in [0.1, 0.15) is 29.7 Å². The highest BCUT2D eigenvalue weighted by atomic mass is 31.3. The summed E-state index contributed by atoms with van der Waals surface area (Å²) >= 11 is 0. The van der Waals surface area contributed by atoms with Crippen LogP contribution in [0.2, 0.25) is 0 Å². The highest BCUT2D eigenvalue weighted by Crippen LogP contribution is 2.66. The van der Waals surface area contributed by atoms with Gasteiger partial charge in [-0.3, -0.25) is 9.09 Å². The van der Waals surface area contributed by atoms with Gasteiger partial charge in [0.15, 0.2) is 17.7 Å². The van der Waals surface area contributed by atoms with Crippen molar-refractivity contribution in [2.24, 2.45) is 0 Å². The number of aromatic nitrogens is 4. The number of nitrogens with zero attached hydrogens (tertiary/aromatic N) is 4. The van der Waals surface area contributed by atoms with Crippen molar-refractivity contribution in [1.82, 2.24) is 19.5 Å². The molecule has 0 spiro atoms. The van der Waals surface area contributed by atoms with Crippen molar-refractivity contribution in [1.29, 1.82) is 0 Å². The van der Waals surface area contributed by atoms with Gasteiger partial charge in [0.25, 0.3) is 0 Å². The van der Waals surface area contributed by atoms with Gasteiger partial charge in [-0.25, -0.2) is 28.6 Å². The van der Waals surface area contributed by atoms with Gasteiger partial charge >= 0.3 is 23.5 Å². The Kier molecular flexibility index (Phi) is 5.84. The SMILES string of the molecule is Nc1ncnc2c1ncn2[C@@H]1O[C@@]2(COP(=O)(O)OP(=O)(O)OP(=O)(O)O)COC1[C@H]2O. The molecular weight excluding hydrogens is 503 g/mol. The molecule has 4 heterocycles. The fourth-order valence-electron chi connectivity index (χ4n) is 3.29. The van der Waals surface area contributed by atoms with Crippen molar-refractivity contribution in [3.05, 3.63) is 12.7 Å². The van der Waals surface area contributed by atoms with Crippen molar-refractivity contribution in [3.63, 3.8) is 0 Å². The minimum Gasteiger partial charge on any atom is -0.387 e. The lowest BCUT2D eigenvalue weighted by molar-refractivity contribution is -0.183. The maximum absolute atomic E-state index is 12.0. The number of rotatable bonds is 8. The molecule has 32 heavy (non-hydrogen) atoms. The van der Waals surface area contributed by atoms with Crippen molar-refractivity contribution in [3.8, 4) is 0 Å². The molecule has 4 rings (SSSR count). The number of phosphoric acid groups is 3. The lowest BCUT2D eigenvalue weighted by Gasteiger charge is -2.31. The zero-order valence-corrected chi connectivity index (χ0v) is 18.2. The average molecular weight is 519 g/mol. The number of ether oxygens (including phenoxy) is 2. The Morgan fingerprint density at radius 1 is 1.16 bits per heavy atom. The van der Waals surface area contributed by atoms with Crippen molar-refractivity contribution >= 4 is 40.4 Å². The Hall–Kier alpha value is -1.36. The molecule has 0 radical (unpaired) electrons. The van der Waals surface area contributed by atoms with Crippen molar-refractivity contribution in [2.75, 3.05) is 18.9 Å². The summed E-state index contributed by atoms with van der Waals surface area (Å²) in [6.45, 7) is -1.18. The molecule has 0 aromatic carbocycles. The second-order valence-electron chi connectivity index (χ2n) is 6.74. The molecule has 6 atom stereocenters. The molecule has 2 saturated heterocycles. The summed E-state index contributed by atoms with van der Waals surface area (Å²) in [7, 11) is -16.7. The van der Waals surface area contributed by atoms with Crippen LogP contribution in [0.1, 0.15) is 6.23 Å². The molecule has 0 aliphatic carbocycles. The van der Waals surface area contributed by atoms with E-state index in [4.69, 9.17) is 25.0 Å². The molecule has 2 fully saturated rings. The number of aliphatic hydroxyl groups excluding tert-OH is 1.